The zero-order valence-electron chi connectivity index (χ0n) is 18.2. The van der Waals surface area contributed by atoms with Crippen molar-refractivity contribution in [1.29, 1.82) is 0 Å². The van der Waals surface area contributed by atoms with Gasteiger partial charge in [0.05, 0.1) is 36.2 Å². The number of carboxylic acid groups (broad SMARTS) is 1. The van der Waals surface area contributed by atoms with Crippen LogP contribution in [0.25, 0.3) is 11.4 Å². The number of aromatic nitrogens is 8. The van der Waals surface area contributed by atoms with Crippen molar-refractivity contribution < 1.29 is 14.6 Å². The fraction of sp³-hybridized carbons (Fsp3) is 0.571. The molecule has 2 saturated carbocycles. The van der Waals surface area contributed by atoms with Crippen LogP contribution in [0.4, 0.5) is 0 Å². The Hall–Kier alpha value is -3.37. The number of hydrogen-bond acceptors (Lipinski definition) is 8. The second-order valence-electron chi connectivity index (χ2n) is 8.78. The summed E-state index contributed by atoms with van der Waals surface area (Å²) in [5, 5.41) is 29.9. The summed E-state index contributed by atoms with van der Waals surface area (Å²) in [6.07, 6.45) is 4.96. The Labute approximate surface area is 184 Å². The van der Waals surface area contributed by atoms with Crippen LogP contribution in [0.1, 0.15) is 42.9 Å². The molecule has 0 saturated heterocycles. The number of nitrogens with zero attached hydrogens (tertiary/aromatic N) is 8. The molecule has 2 aliphatic rings. The standard InChI is InChI=1S/C21H26N8O3/c1-12-18(32-11-14-5-6-15(14)21(30)31)8-7-16(22-12)20-17(28(2)26-24-20)10-29-19(23-25-27-29)9-13-3-4-13/h7-8,13-15H,3-6,9-11H2,1-2H3,(H,30,31)/t14-,15+/m0/s1. The number of pyridine rings is 1. The molecule has 0 aliphatic heterocycles. The van der Waals surface area contributed by atoms with Crippen molar-refractivity contribution in [2.75, 3.05) is 6.61 Å². The third kappa shape index (κ3) is 4.06. The van der Waals surface area contributed by atoms with Crippen LogP contribution in [0.3, 0.4) is 0 Å². The van der Waals surface area contributed by atoms with Gasteiger partial charge in [0.25, 0.3) is 0 Å². The fourth-order valence-corrected chi connectivity index (χ4v) is 4.09. The van der Waals surface area contributed by atoms with Crippen molar-refractivity contribution >= 4 is 5.97 Å². The molecule has 0 bridgehead atoms. The summed E-state index contributed by atoms with van der Waals surface area (Å²) in [4.78, 5) is 15.9. The second kappa shape index (κ2) is 8.29. The number of carboxylic acids is 1. The minimum Gasteiger partial charge on any atom is -0.491 e. The smallest absolute Gasteiger partial charge is 0.306 e. The molecule has 2 atom stereocenters. The highest BCUT2D eigenvalue weighted by Crippen LogP contribution is 2.35. The Kier molecular flexibility index (Phi) is 5.32. The van der Waals surface area contributed by atoms with E-state index >= 15 is 0 Å². The van der Waals surface area contributed by atoms with Crippen LogP contribution in [0, 0.1) is 24.7 Å². The third-order valence-corrected chi connectivity index (χ3v) is 6.48. The molecule has 3 aromatic heterocycles. The zero-order valence-corrected chi connectivity index (χ0v) is 18.2. The average Bonchev–Trinajstić information content (AvgIpc) is 3.33. The summed E-state index contributed by atoms with van der Waals surface area (Å²) in [6, 6.07) is 3.72. The van der Waals surface area contributed by atoms with Gasteiger partial charge in [0.2, 0.25) is 0 Å². The van der Waals surface area contributed by atoms with Crippen molar-refractivity contribution in [2.45, 2.75) is 45.6 Å². The normalized spacial score (nSPS) is 20.2. The second-order valence-corrected chi connectivity index (χ2v) is 8.78. The lowest BCUT2D eigenvalue weighted by atomic mass is 9.74. The van der Waals surface area contributed by atoms with Gasteiger partial charge in [0, 0.05) is 19.4 Å². The monoisotopic (exact) mass is 438 g/mol. The highest BCUT2D eigenvalue weighted by Gasteiger charge is 2.37. The van der Waals surface area contributed by atoms with Crippen molar-refractivity contribution in [1.82, 2.24) is 40.2 Å². The van der Waals surface area contributed by atoms with Gasteiger partial charge in [-0.15, -0.1) is 10.2 Å². The Bertz CT molecular complexity index is 1140. The van der Waals surface area contributed by atoms with Gasteiger partial charge in [-0.05, 0) is 61.1 Å². The summed E-state index contributed by atoms with van der Waals surface area (Å²) in [7, 11) is 1.85. The number of tetrazole rings is 1. The molecule has 0 unspecified atom stereocenters. The Balaban J connectivity index is 1.32. The minimum atomic E-state index is -0.743. The predicted octanol–water partition coefficient (Wildman–Crippen LogP) is 1.66. The molecule has 0 amide bonds. The maximum atomic E-state index is 11.2. The van der Waals surface area contributed by atoms with Crippen LogP contribution in [-0.4, -0.2) is 57.9 Å². The summed E-state index contributed by atoms with van der Waals surface area (Å²) >= 11 is 0. The van der Waals surface area contributed by atoms with Crippen LogP contribution in [0.15, 0.2) is 12.1 Å². The zero-order chi connectivity index (χ0) is 22.2. The first kappa shape index (κ1) is 20.5. The van der Waals surface area contributed by atoms with Gasteiger partial charge in [0.15, 0.2) is 5.82 Å². The number of hydrogen-bond donors (Lipinski definition) is 1. The summed E-state index contributed by atoms with van der Waals surface area (Å²) < 4.78 is 9.43. The largest absolute Gasteiger partial charge is 0.491 e. The fourth-order valence-electron chi connectivity index (χ4n) is 4.09. The molecule has 2 aliphatic carbocycles. The summed E-state index contributed by atoms with van der Waals surface area (Å²) in [6.45, 7) is 2.73. The van der Waals surface area contributed by atoms with Crippen molar-refractivity contribution in [3.63, 3.8) is 0 Å². The van der Waals surface area contributed by atoms with Crippen molar-refractivity contribution in [3.8, 4) is 17.1 Å². The van der Waals surface area contributed by atoms with E-state index in [9.17, 15) is 9.90 Å². The van der Waals surface area contributed by atoms with E-state index in [1.54, 1.807) is 4.68 Å². The van der Waals surface area contributed by atoms with Crippen molar-refractivity contribution in [3.05, 3.63) is 29.3 Å². The quantitative estimate of drug-likeness (QED) is 0.529. The minimum absolute atomic E-state index is 0.0549. The summed E-state index contributed by atoms with van der Waals surface area (Å²) in [5.74, 6) is 1.23. The van der Waals surface area contributed by atoms with Crippen LogP contribution >= 0.6 is 0 Å². The lowest BCUT2D eigenvalue weighted by Gasteiger charge is -2.33. The van der Waals surface area contributed by atoms with Crippen LogP contribution in [0.5, 0.6) is 5.75 Å². The van der Waals surface area contributed by atoms with Crippen LogP contribution in [-0.2, 0) is 24.8 Å². The SMILES string of the molecule is Cc1nc(-c2nnn(C)c2Cn2nnnc2CC2CC2)ccc1OC[C@@H]1CC[C@H]1C(=O)O. The van der Waals surface area contributed by atoms with Gasteiger partial charge in [-0.25, -0.2) is 14.3 Å². The highest BCUT2D eigenvalue weighted by molar-refractivity contribution is 5.71. The molecule has 0 spiro atoms. The molecule has 0 aromatic carbocycles. The average molecular weight is 438 g/mol. The molecule has 11 nitrogen and oxygen atoms in total. The van der Waals surface area contributed by atoms with Gasteiger partial charge in [0.1, 0.15) is 11.4 Å². The molecule has 168 valence electrons. The molecular formula is C21H26N8O3. The van der Waals surface area contributed by atoms with E-state index in [2.05, 4.69) is 30.8 Å². The predicted molar refractivity (Wildman–Crippen MR) is 112 cm³/mol. The van der Waals surface area contributed by atoms with Gasteiger partial charge in [-0.3, -0.25) is 4.79 Å². The van der Waals surface area contributed by atoms with E-state index in [-0.39, 0.29) is 11.8 Å². The maximum Gasteiger partial charge on any atom is 0.306 e. The molecule has 3 aromatic rings. The van der Waals surface area contributed by atoms with Crippen molar-refractivity contribution in [2.24, 2.45) is 24.8 Å². The van der Waals surface area contributed by atoms with Gasteiger partial charge < -0.3 is 9.84 Å². The first-order valence-electron chi connectivity index (χ1n) is 11.0. The van der Waals surface area contributed by atoms with Gasteiger partial charge in [-0.1, -0.05) is 5.21 Å². The maximum absolute atomic E-state index is 11.2. The number of aryl methyl sites for hydroxylation is 2. The molecule has 3 heterocycles. The molecule has 1 N–H and O–H groups in total. The molecule has 11 heteroatoms. The van der Waals surface area contributed by atoms with E-state index in [0.717, 1.165) is 36.5 Å². The lowest BCUT2D eigenvalue weighted by Crippen LogP contribution is -2.36. The van der Waals surface area contributed by atoms with Crippen LogP contribution < -0.4 is 4.74 Å². The molecule has 0 radical (unpaired) electrons. The Morgan fingerprint density at radius 2 is 2.03 bits per heavy atom. The summed E-state index contributed by atoms with van der Waals surface area (Å²) in [5.41, 5.74) is 2.97. The number of rotatable bonds is 9. The van der Waals surface area contributed by atoms with E-state index < -0.39 is 5.97 Å². The van der Waals surface area contributed by atoms with E-state index in [1.165, 1.54) is 12.8 Å². The number of aliphatic carboxylic acids is 1. The molecular weight excluding hydrogens is 412 g/mol. The lowest BCUT2D eigenvalue weighted by molar-refractivity contribution is -0.148. The number of carbonyl (C=O) groups is 1. The van der Waals surface area contributed by atoms with Crippen LogP contribution in [0.2, 0.25) is 0 Å². The van der Waals surface area contributed by atoms with Gasteiger partial charge >= 0.3 is 5.97 Å². The van der Waals surface area contributed by atoms with E-state index in [4.69, 9.17) is 4.74 Å². The molecule has 32 heavy (non-hydrogen) atoms. The van der Waals surface area contributed by atoms with Gasteiger partial charge in [-0.2, -0.15) is 0 Å². The Morgan fingerprint density at radius 1 is 1.19 bits per heavy atom. The molecule has 2 fully saturated rings. The molecule has 5 rings (SSSR count). The van der Waals surface area contributed by atoms with E-state index in [0.29, 0.717) is 36.2 Å². The topological polar surface area (TPSA) is 134 Å². The third-order valence-electron chi connectivity index (χ3n) is 6.48. The Morgan fingerprint density at radius 3 is 2.72 bits per heavy atom. The highest BCUT2D eigenvalue weighted by atomic mass is 16.5. The number of ether oxygens (including phenoxy) is 1. The first-order valence-corrected chi connectivity index (χ1v) is 11.0. The van der Waals surface area contributed by atoms with E-state index in [1.807, 2.05) is 30.8 Å². The first-order chi connectivity index (χ1) is 15.5.